The Bertz CT molecular complexity index is 724. The monoisotopic (exact) mass is 384 g/mol. The summed E-state index contributed by atoms with van der Waals surface area (Å²) >= 11 is 0. The van der Waals surface area contributed by atoms with Crippen LogP contribution in [0.5, 0.6) is 0 Å². The van der Waals surface area contributed by atoms with Crippen LogP contribution in [0.3, 0.4) is 0 Å². The van der Waals surface area contributed by atoms with Gasteiger partial charge in [0.05, 0.1) is 4.92 Å². The van der Waals surface area contributed by atoms with Crippen molar-refractivity contribution in [3.05, 3.63) is 28.3 Å². The first-order valence-electron chi connectivity index (χ1n) is 11.0. The molecule has 1 aromatic rings. The third-order valence-electron chi connectivity index (χ3n) is 8.04. The maximum Gasteiger partial charge on any atom is 0.292 e. The highest BCUT2D eigenvalue weighted by Crippen LogP contribution is 2.61. The summed E-state index contributed by atoms with van der Waals surface area (Å²) in [5, 5.41) is 18.7. The van der Waals surface area contributed by atoms with E-state index in [1.54, 1.807) is 6.07 Å². The van der Waals surface area contributed by atoms with Crippen LogP contribution in [0.2, 0.25) is 0 Å². The van der Waals surface area contributed by atoms with E-state index in [4.69, 9.17) is 0 Å². The minimum absolute atomic E-state index is 0.204. The average Bonchev–Trinajstić information content (AvgIpc) is 2.67. The van der Waals surface area contributed by atoms with Gasteiger partial charge in [-0.15, -0.1) is 0 Å². The topological polar surface area (TPSA) is 70.4 Å². The Kier molecular flexibility index (Phi) is 4.49. The zero-order chi connectivity index (χ0) is 19.3. The van der Waals surface area contributed by atoms with E-state index >= 15 is 0 Å². The molecule has 152 valence electrons. The van der Waals surface area contributed by atoms with Crippen molar-refractivity contribution < 1.29 is 4.92 Å². The van der Waals surface area contributed by atoms with Crippen LogP contribution in [-0.4, -0.2) is 37.1 Å². The smallest absolute Gasteiger partial charge is 0.292 e. The van der Waals surface area contributed by atoms with E-state index < -0.39 is 0 Å². The summed E-state index contributed by atoms with van der Waals surface area (Å²) in [5.41, 5.74) is 2.32. The molecule has 4 saturated carbocycles. The van der Waals surface area contributed by atoms with Crippen molar-refractivity contribution in [2.45, 2.75) is 51.5 Å². The van der Waals surface area contributed by atoms with Crippen LogP contribution in [0.4, 0.5) is 17.1 Å². The molecule has 6 nitrogen and oxygen atoms in total. The predicted molar refractivity (Wildman–Crippen MR) is 112 cm³/mol. The molecular weight excluding hydrogens is 352 g/mol. The van der Waals surface area contributed by atoms with Crippen molar-refractivity contribution in [2.75, 3.05) is 36.4 Å². The van der Waals surface area contributed by atoms with Gasteiger partial charge in [0.25, 0.3) is 5.69 Å². The van der Waals surface area contributed by atoms with Crippen molar-refractivity contribution in [2.24, 2.45) is 23.2 Å². The molecule has 0 unspecified atom stereocenters. The molecule has 2 N–H and O–H groups in total. The lowest BCUT2D eigenvalue weighted by molar-refractivity contribution is -0.384. The van der Waals surface area contributed by atoms with Crippen LogP contribution in [0.1, 0.15) is 45.4 Å². The molecule has 1 atom stereocenters. The fraction of sp³-hybridized carbons (Fsp3) is 0.727. The number of rotatable bonds is 5. The van der Waals surface area contributed by atoms with Crippen molar-refractivity contribution >= 4 is 17.1 Å². The molecule has 28 heavy (non-hydrogen) atoms. The molecule has 0 spiro atoms. The maximum absolute atomic E-state index is 11.7. The summed E-state index contributed by atoms with van der Waals surface area (Å²) in [7, 11) is 0. The van der Waals surface area contributed by atoms with Gasteiger partial charge in [-0.25, -0.2) is 0 Å². The normalized spacial score (nSPS) is 35.0. The van der Waals surface area contributed by atoms with Crippen molar-refractivity contribution in [3.63, 3.8) is 0 Å². The van der Waals surface area contributed by atoms with Crippen LogP contribution in [0.15, 0.2) is 18.2 Å². The first kappa shape index (κ1) is 18.2. The Morgan fingerprint density at radius 3 is 2.32 bits per heavy atom. The van der Waals surface area contributed by atoms with Gasteiger partial charge < -0.3 is 15.5 Å². The standard InChI is InChI=1S/C22H32N4O2/c1-15(22-12-16-8-17(13-22)10-18(9-16)14-22)24-20-11-19(2-3-21(20)26(27)28)25-6-4-23-5-7-25/h2-3,11,15-18,23-24H,4-10,12-14H2,1H3/t15-,16?,17?,18?,22?/m0/s1. The number of nitro benzene ring substituents is 1. The second-order valence-corrected chi connectivity index (χ2v) is 9.84. The minimum Gasteiger partial charge on any atom is -0.376 e. The number of nitrogens with zero attached hydrogens (tertiary/aromatic N) is 2. The second kappa shape index (κ2) is 6.90. The fourth-order valence-electron chi connectivity index (χ4n) is 7.01. The second-order valence-electron chi connectivity index (χ2n) is 9.84. The molecule has 0 aromatic heterocycles. The number of piperazine rings is 1. The van der Waals surface area contributed by atoms with E-state index in [0.29, 0.717) is 11.1 Å². The van der Waals surface area contributed by atoms with E-state index in [2.05, 4.69) is 22.5 Å². The largest absolute Gasteiger partial charge is 0.376 e. The first-order valence-corrected chi connectivity index (χ1v) is 11.0. The Morgan fingerprint density at radius 1 is 1.14 bits per heavy atom. The highest BCUT2D eigenvalue weighted by Gasteiger charge is 2.53. The molecule has 4 bridgehead atoms. The molecule has 5 aliphatic rings. The van der Waals surface area contributed by atoms with E-state index in [-0.39, 0.29) is 16.7 Å². The van der Waals surface area contributed by atoms with Gasteiger partial charge in [-0.3, -0.25) is 10.1 Å². The number of nitrogens with one attached hydrogen (secondary N) is 2. The van der Waals surface area contributed by atoms with Gasteiger partial charge in [0, 0.05) is 44.0 Å². The summed E-state index contributed by atoms with van der Waals surface area (Å²) in [6.45, 7) is 6.09. The summed E-state index contributed by atoms with van der Waals surface area (Å²) in [5.74, 6) is 2.66. The molecule has 0 radical (unpaired) electrons. The van der Waals surface area contributed by atoms with Crippen LogP contribution < -0.4 is 15.5 Å². The van der Waals surface area contributed by atoms with E-state index in [1.165, 1.54) is 38.5 Å². The van der Waals surface area contributed by atoms with Crippen LogP contribution in [-0.2, 0) is 0 Å². The van der Waals surface area contributed by atoms with Crippen molar-refractivity contribution in [1.29, 1.82) is 0 Å². The van der Waals surface area contributed by atoms with E-state index in [9.17, 15) is 10.1 Å². The van der Waals surface area contributed by atoms with Crippen LogP contribution in [0, 0.1) is 33.3 Å². The lowest BCUT2D eigenvalue weighted by atomic mass is 9.48. The Hall–Kier alpha value is -1.82. The highest BCUT2D eigenvalue weighted by molar-refractivity contribution is 5.69. The van der Waals surface area contributed by atoms with Gasteiger partial charge in [0.15, 0.2) is 0 Å². The van der Waals surface area contributed by atoms with Crippen molar-refractivity contribution in [1.82, 2.24) is 5.32 Å². The lowest BCUT2D eigenvalue weighted by Crippen LogP contribution is -2.52. The zero-order valence-corrected chi connectivity index (χ0v) is 16.8. The van der Waals surface area contributed by atoms with Crippen LogP contribution >= 0.6 is 0 Å². The third-order valence-corrected chi connectivity index (χ3v) is 8.04. The summed E-state index contributed by atoms with van der Waals surface area (Å²) in [4.78, 5) is 13.8. The molecule has 1 aromatic carbocycles. The molecule has 1 saturated heterocycles. The Morgan fingerprint density at radius 2 is 1.75 bits per heavy atom. The molecule has 4 aliphatic carbocycles. The van der Waals surface area contributed by atoms with Gasteiger partial charge in [-0.2, -0.15) is 0 Å². The van der Waals surface area contributed by atoms with Crippen LogP contribution in [0.25, 0.3) is 0 Å². The molecular formula is C22H32N4O2. The molecule has 6 heteroatoms. The molecule has 0 amide bonds. The van der Waals surface area contributed by atoms with E-state index in [0.717, 1.165) is 49.6 Å². The average molecular weight is 385 g/mol. The summed E-state index contributed by atoms with van der Waals surface area (Å²) < 4.78 is 0. The number of anilines is 2. The molecule has 5 fully saturated rings. The van der Waals surface area contributed by atoms with E-state index in [1.807, 2.05) is 12.1 Å². The van der Waals surface area contributed by atoms with Gasteiger partial charge in [0.2, 0.25) is 0 Å². The molecule has 1 heterocycles. The fourth-order valence-corrected chi connectivity index (χ4v) is 7.01. The highest BCUT2D eigenvalue weighted by atomic mass is 16.6. The zero-order valence-electron chi connectivity index (χ0n) is 16.8. The van der Waals surface area contributed by atoms with Gasteiger partial charge in [-0.1, -0.05) is 0 Å². The van der Waals surface area contributed by atoms with Gasteiger partial charge in [-0.05, 0) is 80.8 Å². The van der Waals surface area contributed by atoms with Gasteiger partial charge in [0.1, 0.15) is 5.69 Å². The van der Waals surface area contributed by atoms with Gasteiger partial charge >= 0.3 is 0 Å². The lowest BCUT2D eigenvalue weighted by Gasteiger charge is -2.59. The maximum atomic E-state index is 11.7. The number of nitro groups is 1. The SMILES string of the molecule is C[C@H](Nc1cc(N2CCNCC2)ccc1[N+](=O)[O-])C12CC3CC(CC(C3)C1)C2. The minimum atomic E-state index is -0.240. The molecule has 6 rings (SSSR count). The first-order chi connectivity index (χ1) is 13.5. The van der Waals surface area contributed by atoms with Crippen molar-refractivity contribution in [3.8, 4) is 0 Å². The summed E-state index contributed by atoms with van der Waals surface area (Å²) in [6, 6.07) is 5.88. The third kappa shape index (κ3) is 3.15. The number of hydrogen-bond acceptors (Lipinski definition) is 5. The summed E-state index contributed by atoms with van der Waals surface area (Å²) in [6.07, 6.45) is 8.18. The quantitative estimate of drug-likeness (QED) is 0.593. The Labute approximate surface area is 167 Å². The predicted octanol–water partition coefficient (Wildman–Crippen LogP) is 4.02. The number of hydrogen-bond donors (Lipinski definition) is 2. The number of benzene rings is 1. The Balaban J connectivity index is 1.41. The molecule has 1 aliphatic heterocycles.